The van der Waals surface area contributed by atoms with Crippen LogP contribution in [0.4, 0.5) is 0 Å². The molecule has 0 spiro atoms. The van der Waals surface area contributed by atoms with E-state index in [-0.39, 0.29) is 0 Å². The standard InChI is InChI=1S/C50H30N4O/c1-3-13-31(14-4-1)47-39-19-7-10-20-42(39)51-50(52-47)54-45-28-24-33(30-41(45)37-25-26-38-36-18-9-12-22-46(36)55-49(38)48(37)54)32-23-27-44-40(29-32)35-17-8-11-21-43(35)53(44)34-15-5-2-6-16-34/h1-30H. The molecule has 0 radical (unpaired) electrons. The first-order chi connectivity index (χ1) is 27.3. The lowest BCUT2D eigenvalue weighted by Gasteiger charge is -2.12. The number of fused-ring (bicyclic) bond motifs is 11. The first-order valence-electron chi connectivity index (χ1n) is 18.6. The SMILES string of the molecule is c1ccc(-c2nc(-n3c4ccc(-c5ccc6c(c5)c5ccccc5n6-c5ccccc5)cc4c4ccc5c6ccccc6oc5c43)nc3ccccc23)cc1. The van der Waals surface area contributed by atoms with Crippen molar-refractivity contribution in [3.8, 4) is 34.0 Å². The summed E-state index contributed by atoms with van der Waals surface area (Å²) >= 11 is 0. The Morgan fingerprint density at radius 1 is 0.382 bits per heavy atom. The van der Waals surface area contributed by atoms with E-state index >= 15 is 0 Å². The smallest absolute Gasteiger partial charge is 0.235 e. The van der Waals surface area contributed by atoms with E-state index in [0.29, 0.717) is 5.95 Å². The highest BCUT2D eigenvalue weighted by Crippen LogP contribution is 2.42. The Kier molecular flexibility index (Phi) is 6.27. The van der Waals surface area contributed by atoms with Crippen molar-refractivity contribution in [2.45, 2.75) is 0 Å². The summed E-state index contributed by atoms with van der Waals surface area (Å²) < 4.78 is 11.3. The van der Waals surface area contributed by atoms with E-state index in [1.54, 1.807) is 0 Å². The number of aromatic nitrogens is 4. The van der Waals surface area contributed by atoms with Crippen LogP contribution in [0.15, 0.2) is 186 Å². The van der Waals surface area contributed by atoms with Crippen LogP contribution in [-0.2, 0) is 0 Å². The van der Waals surface area contributed by atoms with Gasteiger partial charge in [-0.25, -0.2) is 9.97 Å². The molecule has 4 aromatic heterocycles. The third-order valence-corrected chi connectivity index (χ3v) is 11.1. The van der Waals surface area contributed by atoms with Gasteiger partial charge in [0.05, 0.1) is 27.8 Å². The van der Waals surface area contributed by atoms with Crippen molar-refractivity contribution in [1.82, 2.24) is 19.1 Å². The molecule has 0 fully saturated rings. The average molecular weight is 703 g/mol. The van der Waals surface area contributed by atoms with Crippen molar-refractivity contribution in [3.05, 3.63) is 182 Å². The van der Waals surface area contributed by atoms with Gasteiger partial charge < -0.3 is 8.98 Å². The molecule has 12 rings (SSSR count). The van der Waals surface area contributed by atoms with Crippen LogP contribution < -0.4 is 0 Å². The molecule has 0 N–H and O–H groups in total. The van der Waals surface area contributed by atoms with Crippen molar-refractivity contribution >= 4 is 76.5 Å². The number of hydrogen-bond acceptors (Lipinski definition) is 3. The van der Waals surface area contributed by atoms with Gasteiger partial charge in [-0.05, 0) is 71.8 Å². The molecule has 0 saturated heterocycles. The van der Waals surface area contributed by atoms with E-state index in [0.717, 1.165) is 82.7 Å². The first-order valence-corrected chi connectivity index (χ1v) is 18.6. The molecular formula is C50H30N4O. The second-order valence-electron chi connectivity index (χ2n) is 14.2. The van der Waals surface area contributed by atoms with Crippen LogP contribution in [0.3, 0.4) is 0 Å². The second kappa shape index (κ2) is 11.5. The zero-order valence-electron chi connectivity index (χ0n) is 29.5. The molecule has 256 valence electrons. The van der Waals surface area contributed by atoms with E-state index < -0.39 is 0 Å². The molecule has 12 aromatic rings. The van der Waals surface area contributed by atoms with Crippen LogP contribution in [0.5, 0.6) is 0 Å². The summed E-state index contributed by atoms with van der Waals surface area (Å²) in [5, 5.41) is 7.82. The lowest BCUT2D eigenvalue weighted by Crippen LogP contribution is -2.03. The monoisotopic (exact) mass is 702 g/mol. The lowest BCUT2D eigenvalue weighted by atomic mass is 10.0. The molecule has 0 amide bonds. The Morgan fingerprint density at radius 2 is 0.982 bits per heavy atom. The van der Waals surface area contributed by atoms with Crippen LogP contribution in [0, 0.1) is 0 Å². The molecule has 0 bridgehead atoms. The molecule has 4 heterocycles. The summed E-state index contributed by atoms with van der Waals surface area (Å²) in [6, 6.07) is 64.2. The minimum atomic E-state index is 0.605. The molecule has 0 unspecified atom stereocenters. The normalized spacial score (nSPS) is 12.0. The summed E-state index contributed by atoms with van der Waals surface area (Å²) in [5.74, 6) is 0.605. The van der Waals surface area contributed by atoms with Gasteiger partial charge in [0.2, 0.25) is 5.95 Å². The minimum Gasteiger partial charge on any atom is -0.454 e. The molecule has 55 heavy (non-hydrogen) atoms. The molecule has 0 aliphatic heterocycles. The quantitative estimate of drug-likeness (QED) is 0.183. The molecule has 0 aliphatic carbocycles. The predicted octanol–water partition coefficient (Wildman–Crippen LogP) is 13.1. The third-order valence-electron chi connectivity index (χ3n) is 11.1. The molecule has 0 atom stereocenters. The highest BCUT2D eigenvalue weighted by atomic mass is 16.3. The lowest BCUT2D eigenvalue weighted by molar-refractivity contribution is 0.671. The third kappa shape index (κ3) is 4.41. The fraction of sp³-hybridized carbons (Fsp3) is 0. The van der Waals surface area contributed by atoms with Gasteiger partial charge >= 0.3 is 0 Å². The maximum Gasteiger partial charge on any atom is 0.235 e. The van der Waals surface area contributed by atoms with Gasteiger partial charge in [-0.1, -0.05) is 121 Å². The topological polar surface area (TPSA) is 48.8 Å². The Hall–Kier alpha value is -7.50. The molecule has 0 aliphatic rings. The van der Waals surface area contributed by atoms with Gasteiger partial charge in [-0.15, -0.1) is 0 Å². The number of rotatable bonds is 4. The molecule has 8 aromatic carbocycles. The summed E-state index contributed by atoms with van der Waals surface area (Å²) in [6.45, 7) is 0. The van der Waals surface area contributed by atoms with Gasteiger partial charge in [0.1, 0.15) is 11.1 Å². The van der Waals surface area contributed by atoms with Crippen LogP contribution in [0.1, 0.15) is 0 Å². The van der Waals surface area contributed by atoms with E-state index in [1.807, 2.05) is 24.3 Å². The maximum absolute atomic E-state index is 6.72. The van der Waals surface area contributed by atoms with Crippen molar-refractivity contribution < 1.29 is 4.42 Å². The largest absolute Gasteiger partial charge is 0.454 e. The highest BCUT2D eigenvalue weighted by molar-refractivity contribution is 6.22. The first kappa shape index (κ1) is 30.0. The Balaban J connectivity index is 1.14. The van der Waals surface area contributed by atoms with Crippen LogP contribution in [0.25, 0.3) is 110 Å². The van der Waals surface area contributed by atoms with E-state index in [1.165, 1.54) is 21.8 Å². The zero-order valence-corrected chi connectivity index (χ0v) is 29.5. The summed E-state index contributed by atoms with van der Waals surface area (Å²) in [7, 11) is 0. The van der Waals surface area contributed by atoms with Gasteiger partial charge in [-0.2, -0.15) is 0 Å². The summed E-state index contributed by atoms with van der Waals surface area (Å²) in [6.07, 6.45) is 0. The van der Waals surface area contributed by atoms with Crippen LogP contribution >= 0.6 is 0 Å². The fourth-order valence-electron chi connectivity index (χ4n) is 8.66. The second-order valence-corrected chi connectivity index (χ2v) is 14.2. The predicted molar refractivity (Wildman–Crippen MR) is 226 cm³/mol. The Labute approximate surface area is 315 Å². The number of hydrogen-bond donors (Lipinski definition) is 0. The fourth-order valence-corrected chi connectivity index (χ4v) is 8.66. The maximum atomic E-state index is 6.72. The Morgan fingerprint density at radius 3 is 1.78 bits per heavy atom. The molecular weight excluding hydrogens is 673 g/mol. The van der Waals surface area contributed by atoms with Gasteiger partial charge in [0, 0.05) is 49.0 Å². The number of benzene rings is 8. The van der Waals surface area contributed by atoms with Crippen molar-refractivity contribution in [3.63, 3.8) is 0 Å². The average Bonchev–Trinajstić information content (AvgIpc) is 3.91. The van der Waals surface area contributed by atoms with Crippen molar-refractivity contribution in [2.24, 2.45) is 0 Å². The van der Waals surface area contributed by atoms with E-state index in [9.17, 15) is 0 Å². The summed E-state index contributed by atoms with van der Waals surface area (Å²) in [5.41, 5.74) is 12.3. The minimum absolute atomic E-state index is 0.605. The van der Waals surface area contributed by atoms with Gasteiger partial charge in [-0.3, -0.25) is 4.57 Å². The number of para-hydroxylation sites is 4. The molecule has 0 saturated carbocycles. The van der Waals surface area contributed by atoms with Gasteiger partial charge in [0.25, 0.3) is 0 Å². The Bertz CT molecular complexity index is 3480. The van der Waals surface area contributed by atoms with Crippen LogP contribution in [0.2, 0.25) is 0 Å². The zero-order chi connectivity index (χ0) is 36.0. The van der Waals surface area contributed by atoms with Crippen molar-refractivity contribution in [1.29, 1.82) is 0 Å². The summed E-state index contributed by atoms with van der Waals surface area (Å²) in [4.78, 5) is 10.6. The number of nitrogens with zero attached hydrogens (tertiary/aromatic N) is 4. The van der Waals surface area contributed by atoms with Crippen LogP contribution in [-0.4, -0.2) is 19.1 Å². The number of furan rings is 1. The molecule has 5 heteroatoms. The van der Waals surface area contributed by atoms with Crippen molar-refractivity contribution in [2.75, 3.05) is 0 Å². The van der Waals surface area contributed by atoms with E-state index in [2.05, 4.69) is 167 Å². The molecule has 5 nitrogen and oxygen atoms in total. The van der Waals surface area contributed by atoms with E-state index in [4.69, 9.17) is 14.4 Å². The highest BCUT2D eigenvalue weighted by Gasteiger charge is 2.22. The van der Waals surface area contributed by atoms with Gasteiger partial charge in [0.15, 0.2) is 5.58 Å².